The van der Waals surface area contributed by atoms with Crippen molar-refractivity contribution in [2.24, 2.45) is 47.3 Å². The van der Waals surface area contributed by atoms with Crippen molar-refractivity contribution in [1.82, 2.24) is 0 Å². The summed E-state index contributed by atoms with van der Waals surface area (Å²) in [5, 5.41) is 25.9. The zero-order chi connectivity index (χ0) is 59.5. The Balaban J connectivity index is 0.000000415. The van der Waals surface area contributed by atoms with Gasteiger partial charge in [-0.3, -0.25) is 43.2 Å². The molecule has 0 saturated carbocycles. The molecular formula is C66H106O15. The van der Waals surface area contributed by atoms with E-state index in [1.807, 2.05) is 0 Å². The van der Waals surface area contributed by atoms with Crippen LogP contribution in [0.5, 0.6) is 0 Å². The van der Waals surface area contributed by atoms with Crippen molar-refractivity contribution in [1.29, 1.82) is 0 Å². The minimum absolute atomic E-state index is 0.0682. The van der Waals surface area contributed by atoms with Crippen LogP contribution < -0.4 is 0 Å². The summed E-state index contributed by atoms with van der Waals surface area (Å²) in [7, 11) is 0. The zero-order valence-corrected chi connectivity index (χ0v) is 50.1. The first-order chi connectivity index (χ1) is 39.1. The molecule has 8 unspecified atom stereocenters. The number of carboxylic acid groups (broad SMARTS) is 3. The molecule has 1 aliphatic carbocycles. The van der Waals surface area contributed by atoms with Crippen molar-refractivity contribution in [2.45, 2.75) is 278 Å². The van der Waals surface area contributed by atoms with Crippen LogP contribution >= 0.6 is 0 Å². The van der Waals surface area contributed by atoms with Gasteiger partial charge in [0.05, 0.1) is 36.5 Å². The molecule has 3 saturated heterocycles. The summed E-state index contributed by atoms with van der Waals surface area (Å²) in [5.41, 5.74) is 0. The third-order valence-electron chi connectivity index (χ3n) is 16.4. The van der Waals surface area contributed by atoms with E-state index in [0.717, 1.165) is 141 Å². The highest BCUT2D eigenvalue weighted by atomic mass is 16.6. The third kappa shape index (κ3) is 33.1. The molecule has 3 aliphatic heterocycles. The topological polar surface area (TPSA) is 242 Å². The Morgan fingerprint density at radius 1 is 0.420 bits per heavy atom. The number of cyclic esters (lactones) is 6. The average Bonchev–Trinajstić information content (AvgIpc) is 4.24. The van der Waals surface area contributed by atoms with Gasteiger partial charge in [-0.1, -0.05) is 211 Å². The lowest BCUT2D eigenvalue weighted by Gasteiger charge is -2.31. The lowest BCUT2D eigenvalue weighted by Crippen LogP contribution is -2.33. The lowest BCUT2D eigenvalue weighted by molar-refractivity contribution is -0.155. The fraction of sp³-hybridized carbons (Fsp3) is 0.773. The maximum absolute atomic E-state index is 12.3. The van der Waals surface area contributed by atoms with E-state index in [-0.39, 0.29) is 103 Å². The van der Waals surface area contributed by atoms with Crippen LogP contribution in [0.1, 0.15) is 278 Å². The van der Waals surface area contributed by atoms with Crippen LogP contribution in [0.3, 0.4) is 0 Å². The quantitative estimate of drug-likeness (QED) is 0.0169. The highest BCUT2D eigenvalue weighted by Crippen LogP contribution is 2.44. The Kier molecular flexibility index (Phi) is 40.6. The van der Waals surface area contributed by atoms with E-state index in [0.29, 0.717) is 0 Å². The van der Waals surface area contributed by atoms with Gasteiger partial charge >= 0.3 is 53.7 Å². The molecule has 4 rings (SSSR count). The standard InChI is InChI=1S/C22H34O5.2C22H36O5/c1-2-3-4-8-11-16-14-15-17(20-19(16)21(25)27-22(20)26)12-9-6-5-7-10-13-18(23)24;1-2-3-4-5-8-11-14-18(19-17-21(25)27-22(19)26)15-12-9-6-7-10-13-16-20(23)24;1-2-3-4-5-6-8-11-14-18(19-17-21(25)27-22(19)26)15-12-9-7-10-13-16-20(23)24/h14-17,19-20H,2-13H2,1H3,(H,23,24);12,15,18-19H,2-11,13-14,16-17H2,1H3,(H,23,24);11,14,18-19H,2-10,12-13,15-17H2,1H3,(H,23,24)/b;15-12-;14-11-. The number of carbonyl (C=O) groups excluding carboxylic acids is 6. The van der Waals surface area contributed by atoms with Crippen LogP contribution in [0, 0.1) is 47.3 Å². The molecule has 4 aliphatic rings. The summed E-state index contributed by atoms with van der Waals surface area (Å²) in [6.07, 6.45) is 50.7. The second-order valence-electron chi connectivity index (χ2n) is 23.3. The average molecular weight is 1140 g/mol. The van der Waals surface area contributed by atoms with Crippen LogP contribution in [-0.4, -0.2) is 69.0 Å². The smallest absolute Gasteiger partial charge is 0.318 e. The SMILES string of the molecule is CCCCCCC/C=C\C(CCCCCCCC(=O)O)C1CC(=O)OC1=O.CCCCCCC1C=CC(CCCCCCCC(=O)O)C2C(=O)OC(=O)C12.CCCCCCCCC(/C=C\CCCCCCC(=O)O)C1CC(=O)OC1=O. The van der Waals surface area contributed by atoms with Gasteiger partial charge in [0.25, 0.3) is 0 Å². The van der Waals surface area contributed by atoms with Crippen LogP contribution in [0.2, 0.25) is 0 Å². The number of esters is 6. The van der Waals surface area contributed by atoms with Crippen molar-refractivity contribution >= 4 is 53.7 Å². The molecule has 0 aromatic heterocycles. The number of allylic oxidation sites excluding steroid dienone is 6. The summed E-state index contributed by atoms with van der Waals surface area (Å²) < 4.78 is 14.5. The van der Waals surface area contributed by atoms with Gasteiger partial charge in [0, 0.05) is 19.3 Å². The number of unbranched alkanes of at least 4 members (excludes halogenated alkanes) is 25. The summed E-state index contributed by atoms with van der Waals surface area (Å²) in [6.45, 7) is 6.59. The third-order valence-corrected chi connectivity index (χ3v) is 16.4. The summed E-state index contributed by atoms with van der Waals surface area (Å²) in [6, 6.07) is 0. The highest BCUT2D eigenvalue weighted by Gasteiger charge is 2.52. The number of carbonyl (C=O) groups is 9. The van der Waals surface area contributed by atoms with Crippen molar-refractivity contribution in [3.05, 3.63) is 36.5 Å². The minimum Gasteiger partial charge on any atom is -0.481 e. The molecule has 0 spiro atoms. The molecule has 81 heavy (non-hydrogen) atoms. The maximum Gasteiger partial charge on any atom is 0.318 e. The van der Waals surface area contributed by atoms with Crippen LogP contribution in [0.25, 0.3) is 0 Å². The van der Waals surface area contributed by atoms with Crippen molar-refractivity contribution in [3.63, 3.8) is 0 Å². The Morgan fingerprint density at radius 3 is 1.06 bits per heavy atom. The monoisotopic (exact) mass is 1140 g/mol. The molecule has 3 fully saturated rings. The van der Waals surface area contributed by atoms with Gasteiger partial charge in [0.2, 0.25) is 0 Å². The Labute approximate surface area is 486 Å². The van der Waals surface area contributed by atoms with E-state index in [1.54, 1.807) is 0 Å². The molecule has 0 aromatic rings. The Hall–Kier alpha value is -4.95. The first-order valence-corrected chi connectivity index (χ1v) is 32.0. The second-order valence-corrected chi connectivity index (χ2v) is 23.3. The number of hydrogen-bond acceptors (Lipinski definition) is 12. The fourth-order valence-electron chi connectivity index (χ4n) is 11.6. The highest BCUT2D eigenvalue weighted by molar-refractivity contribution is 5.97. The predicted molar refractivity (Wildman–Crippen MR) is 313 cm³/mol. The molecule has 0 amide bonds. The molecule has 8 atom stereocenters. The summed E-state index contributed by atoms with van der Waals surface area (Å²) >= 11 is 0. The van der Waals surface area contributed by atoms with Gasteiger partial charge in [-0.25, -0.2) is 0 Å². The molecule has 15 nitrogen and oxygen atoms in total. The first kappa shape index (κ1) is 72.2. The van der Waals surface area contributed by atoms with Crippen molar-refractivity contribution in [3.8, 4) is 0 Å². The molecule has 460 valence electrons. The number of fused-ring (bicyclic) bond motifs is 1. The Bertz CT molecular complexity index is 1910. The van der Waals surface area contributed by atoms with Crippen molar-refractivity contribution < 1.29 is 72.7 Å². The largest absolute Gasteiger partial charge is 0.481 e. The molecule has 0 aromatic carbocycles. The van der Waals surface area contributed by atoms with Crippen LogP contribution in [0.15, 0.2) is 36.5 Å². The fourth-order valence-corrected chi connectivity index (χ4v) is 11.6. The van der Waals surface area contributed by atoms with E-state index in [9.17, 15) is 43.2 Å². The van der Waals surface area contributed by atoms with Gasteiger partial charge in [-0.15, -0.1) is 0 Å². The van der Waals surface area contributed by atoms with E-state index in [4.69, 9.17) is 29.5 Å². The molecule has 3 heterocycles. The lowest BCUT2D eigenvalue weighted by atomic mass is 9.69. The van der Waals surface area contributed by atoms with E-state index < -0.39 is 29.8 Å². The second kappa shape index (κ2) is 45.6. The van der Waals surface area contributed by atoms with Crippen LogP contribution in [0.4, 0.5) is 0 Å². The molecule has 3 N–H and O–H groups in total. The minimum atomic E-state index is -0.737. The van der Waals surface area contributed by atoms with E-state index in [1.165, 1.54) is 83.5 Å². The number of hydrogen-bond donors (Lipinski definition) is 3. The number of aliphatic carboxylic acids is 3. The van der Waals surface area contributed by atoms with Gasteiger partial charge in [0.1, 0.15) is 0 Å². The number of carboxylic acids is 3. The molecular weight excluding hydrogens is 1030 g/mol. The van der Waals surface area contributed by atoms with Gasteiger partial charge in [-0.05, 0) is 94.3 Å². The zero-order valence-electron chi connectivity index (χ0n) is 50.1. The van der Waals surface area contributed by atoms with Gasteiger partial charge < -0.3 is 29.5 Å². The molecule has 15 heteroatoms. The summed E-state index contributed by atoms with van der Waals surface area (Å²) in [4.78, 5) is 103. The molecule has 0 bridgehead atoms. The van der Waals surface area contributed by atoms with Crippen molar-refractivity contribution in [2.75, 3.05) is 0 Å². The number of ether oxygens (including phenoxy) is 3. The van der Waals surface area contributed by atoms with E-state index in [2.05, 4.69) is 57.2 Å². The Morgan fingerprint density at radius 2 is 0.728 bits per heavy atom. The van der Waals surface area contributed by atoms with Gasteiger partial charge in [-0.2, -0.15) is 0 Å². The predicted octanol–water partition coefficient (Wildman–Crippen LogP) is 15.7. The normalized spacial score (nSPS) is 21.1. The maximum atomic E-state index is 12.3. The van der Waals surface area contributed by atoms with Gasteiger partial charge in [0.15, 0.2) is 0 Å². The molecule has 0 radical (unpaired) electrons. The van der Waals surface area contributed by atoms with E-state index >= 15 is 0 Å². The summed E-state index contributed by atoms with van der Waals surface area (Å²) in [5.74, 6) is -5.26. The first-order valence-electron chi connectivity index (χ1n) is 32.0. The number of rotatable bonds is 45. The van der Waals surface area contributed by atoms with Crippen LogP contribution in [-0.2, 0) is 57.4 Å².